The zero-order valence-electron chi connectivity index (χ0n) is 10.2. The van der Waals surface area contributed by atoms with E-state index in [0.717, 1.165) is 5.56 Å². The number of benzene rings is 1. The summed E-state index contributed by atoms with van der Waals surface area (Å²) in [6.45, 7) is 0. The van der Waals surface area contributed by atoms with Crippen molar-refractivity contribution < 1.29 is 14.4 Å². The molecular formula is C14H14N2O3. The van der Waals surface area contributed by atoms with Gasteiger partial charge in [-0.05, 0) is 11.6 Å². The number of rotatable bonds is 5. The SMILES string of the molecule is O=C(CCc1coc(/C=C/c2ccccc2)n1)NO. The maximum atomic E-state index is 10.9. The van der Waals surface area contributed by atoms with Crippen molar-refractivity contribution in [2.24, 2.45) is 0 Å². The van der Waals surface area contributed by atoms with Gasteiger partial charge >= 0.3 is 0 Å². The molecule has 0 aliphatic rings. The number of hydroxylamine groups is 1. The van der Waals surface area contributed by atoms with Crippen molar-refractivity contribution in [1.82, 2.24) is 10.5 Å². The lowest BCUT2D eigenvalue weighted by Crippen LogP contribution is -2.18. The summed E-state index contributed by atoms with van der Waals surface area (Å²) in [5.41, 5.74) is 3.31. The molecule has 0 bridgehead atoms. The van der Waals surface area contributed by atoms with Crippen LogP contribution >= 0.6 is 0 Å². The smallest absolute Gasteiger partial charge is 0.243 e. The summed E-state index contributed by atoms with van der Waals surface area (Å²) in [5, 5.41) is 8.37. The monoisotopic (exact) mass is 258 g/mol. The van der Waals surface area contributed by atoms with E-state index in [4.69, 9.17) is 9.62 Å². The predicted octanol–water partition coefficient (Wildman–Crippen LogP) is 2.28. The molecule has 0 aliphatic carbocycles. The normalized spacial score (nSPS) is 10.8. The number of aromatic nitrogens is 1. The Morgan fingerprint density at radius 2 is 2.11 bits per heavy atom. The average Bonchev–Trinajstić information content (AvgIpc) is 2.91. The highest BCUT2D eigenvalue weighted by molar-refractivity contribution is 5.74. The summed E-state index contributed by atoms with van der Waals surface area (Å²) in [5.74, 6) is 0.0487. The second-order valence-electron chi connectivity index (χ2n) is 3.96. The predicted molar refractivity (Wildman–Crippen MR) is 70.1 cm³/mol. The third-order valence-electron chi connectivity index (χ3n) is 2.52. The number of carbonyl (C=O) groups excluding carboxylic acids is 1. The maximum Gasteiger partial charge on any atom is 0.243 e. The number of carbonyl (C=O) groups is 1. The number of nitrogens with zero attached hydrogens (tertiary/aromatic N) is 1. The molecule has 0 radical (unpaired) electrons. The minimum absolute atomic E-state index is 0.172. The fourth-order valence-electron chi connectivity index (χ4n) is 1.54. The van der Waals surface area contributed by atoms with E-state index in [1.165, 1.54) is 6.26 Å². The zero-order chi connectivity index (χ0) is 13.5. The third-order valence-corrected chi connectivity index (χ3v) is 2.52. The van der Waals surface area contributed by atoms with Crippen LogP contribution in [0, 0.1) is 0 Å². The first-order chi connectivity index (χ1) is 9.28. The van der Waals surface area contributed by atoms with E-state index in [2.05, 4.69) is 4.98 Å². The summed E-state index contributed by atoms with van der Waals surface area (Å²) >= 11 is 0. The Morgan fingerprint density at radius 3 is 2.84 bits per heavy atom. The van der Waals surface area contributed by atoms with Crippen LogP contribution in [0.1, 0.15) is 23.6 Å². The number of nitrogens with one attached hydrogen (secondary N) is 1. The fourth-order valence-corrected chi connectivity index (χ4v) is 1.54. The van der Waals surface area contributed by atoms with E-state index >= 15 is 0 Å². The van der Waals surface area contributed by atoms with Crippen molar-refractivity contribution >= 4 is 18.1 Å². The Morgan fingerprint density at radius 1 is 1.32 bits per heavy atom. The molecule has 0 aliphatic heterocycles. The molecule has 2 rings (SSSR count). The van der Waals surface area contributed by atoms with Gasteiger partial charge in [0, 0.05) is 18.9 Å². The van der Waals surface area contributed by atoms with Crippen molar-refractivity contribution in [2.75, 3.05) is 0 Å². The maximum absolute atomic E-state index is 10.9. The average molecular weight is 258 g/mol. The van der Waals surface area contributed by atoms with Crippen molar-refractivity contribution in [3.63, 3.8) is 0 Å². The van der Waals surface area contributed by atoms with E-state index < -0.39 is 5.91 Å². The molecule has 2 N–H and O–H groups in total. The molecule has 1 heterocycles. The minimum atomic E-state index is -0.440. The van der Waals surface area contributed by atoms with E-state index in [0.29, 0.717) is 18.0 Å². The summed E-state index contributed by atoms with van der Waals surface area (Å²) in [4.78, 5) is 15.1. The van der Waals surface area contributed by atoms with Gasteiger partial charge in [0.15, 0.2) is 0 Å². The summed E-state index contributed by atoms with van der Waals surface area (Å²) in [6.07, 6.45) is 5.77. The lowest BCUT2D eigenvalue weighted by molar-refractivity contribution is -0.129. The van der Waals surface area contributed by atoms with Crippen molar-refractivity contribution in [3.05, 3.63) is 53.7 Å². The molecule has 1 aromatic carbocycles. The van der Waals surface area contributed by atoms with E-state index in [9.17, 15) is 4.79 Å². The Bertz CT molecular complexity index is 561. The molecule has 19 heavy (non-hydrogen) atoms. The molecule has 98 valence electrons. The van der Waals surface area contributed by atoms with Gasteiger partial charge in [-0.2, -0.15) is 0 Å². The van der Waals surface area contributed by atoms with Gasteiger partial charge in [-0.25, -0.2) is 10.5 Å². The standard InChI is InChI=1S/C14H14N2O3/c17-13(16-18)8-7-12-10-19-14(15-12)9-6-11-4-2-1-3-5-11/h1-6,9-10,18H,7-8H2,(H,16,17)/b9-6+. The van der Waals surface area contributed by atoms with Crippen LogP contribution in [0.5, 0.6) is 0 Å². The van der Waals surface area contributed by atoms with Crippen LogP contribution in [0.25, 0.3) is 12.2 Å². The van der Waals surface area contributed by atoms with Gasteiger partial charge in [-0.15, -0.1) is 0 Å². The first-order valence-corrected chi connectivity index (χ1v) is 5.88. The van der Waals surface area contributed by atoms with Crippen LogP contribution in [-0.4, -0.2) is 16.1 Å². The largest absolute Gasteiger partial charge is 0.445 e. The second-order valence-corrected chi connectivity index (χ2v) is 3.96. The minimum Gasteiger partial charge on any atom is -0.445 e. The molecule has 5 heteroatoms. The first-order valence-electron chi connectivity index (χ1n) is 5.88. The Balaban J connectivity index is 1.94. The van der Waals surface area contributed by atoms with Gasteiger partial charge in [-0.1, -0.05) is 30.3 Å². The zero-order valence-corrected chi connectivity index (χ0v) is 10.2. The van der Waals surface area contributed by atoms with Gasteiger partial charge in [0.05, 0.1) is 5.69 Å². The first kappa shape index (κ1) is 13.0. The molecule has 2 aromatic rings. The summed E-state index contributed by atoms with van der Waals surface area (Å²) in [6, 6.07) is 9.81. The van der Waals surface area contributed by atoms with E-state index in [1.807, 2.05) is 36.4 Å². The highest BCUT2D eigenvalue weighted by atomic mass is 16.5. The van der Waals surface area contributed by atoms with Crippen LogP contribution in [0.15, 0.2) is 41.0 Å². The Kier molecular flexibility index (Phi) is 4.47. The van der Waals surface area contributed by atoms with Gasteiger partial charge in [0.2, 0.25) is 11.8 Å². The molecule has 0 saturated heterocycles. The molecule has 0 fully saturated rings. The number of hydrogen-bond acceptors (Lipinski definition) is 4. The number of hydrogen-bond donors (Lipinski definition) is 2. The van der Waals surface area contributed by atoms with Crippen LogP contribution in [0.2, 0.25) is 0 Å². The highest BCUT2D eigenvalue weighted by Crippen LogP contribution is 2.09. The molecule has 1 aromatic heterocycles. The van der Waals surface area contributed by atoms with Gasteiger partial charge in [0.25, 0.3) is 0 Å². The number of aryl methyl sites for hydroxylation is 1. The lowest BCUT2D eigenvalue weighted by atomic mass is 10.2. The van der Waals surface area contributed by atoms with Crippen molar-refractivity contribution in [3.8, 4) is 0 Å². The summed E-state index contributed by atoms with van der Waals surface area (Å²) < 4.78 is 5.26. The second kappa shape index (κ2) is 6.51. The molecule has 1 amide bonds. The van der Waals surface area contributed by atoms with Gasteiger partial charge in [-0.3, -0.25) is 10.0 Å². The Hall–Kier alpha value is -2.40. The molecular weight excluding hydrogens is 244 g/mol. The van der Waals surface area contributed by atoms with Crippen LogP contribution in [0.4, 0.5) is 0 Å². The highest BCUT2D eigenvalue weighted by Gasteiger charge is 2.04. The number of amides is 1. The quantitative estimate of drug-likeness (QED) is 0.637. The van der Waals surface area contributed by atoms with Gasteiger partial charge < -0.3 is 4.42 Å². The molecule has 0 saturated carbocycles. The lowest BCUT2D eigenvalue weighted by Gasteiger charge is -1.94. The Labute approximate surface area is 110 Å². The molecule has 0 unspecified atom stereocenters. The fraction of sp³-hybridized carbons (Fsp3) is 0.143. The van der Waals surface area contributed by atoms with Crippen LogP contribution < -0.4 is 5.48 Å². The molecule has 0 atom stereocenters. The molecule has 5 nitrogen and oxygen atoms in total. The van der Waals surface area contributed by atoms with E-state index in [-0.39, 0.29) is 6.42 Å². The topological polar surface area (TPSA) is 75.4 Å². The number of oxazole rings is 1. The van der Waals surface area contributed by atoms with E-state index in [1.54, 1.807) is 11.6 Å². The van der Waals surface area contributed by atoms with Crippen molar-refractivity contribution in [1.29, 1.82) is 0 Å². The van der Waals surface area contributed by atoms with Crippen molar-refractivity contribution in [2.45, 2.75) is 12.8 Å². The third kappa shape index (κ3) is 4.08. The van der Waals surface area contributed by atoms with Gasteiger partial charge in [0.1, 0.15) is 6.26 Å². The summed E-state index contributed by atoms with van der Waals surface area (Å²) in [7, 11) is 0. The molecule has 0 spiro atoms. The van der Waals surface area contributed by atoms with Crippen LogP contribution in [-0.2, 0) is 11.2 Å². The van der Waals surface area contributed by atoms with Crippen LogP contribution in [0.3, 0.4) is 0 Å².